The first-order chi connectivity index (χ1) is 8.54. The van der Waals surface area contributed by atoms with Crippen LogP contribution >= 0.6 is 11.3 Å². The van der Waals surface area contributed by atoms with Crippen LogP contribution in [0.3, 0.4) is 0 Å². The number of carbonyl (C=O) groups is 1. The third kappa shape index (κ3) is 3.54. The fourth-order valence-corrected chi connectivity index (χ4v) is 3.32. The number of hydrogen-bond acceptors (Lipinski definition) is 4. The Bertz CT molecular complexity index is 423. The van der Waals surface area contributed by atoms with Crippen molar-refractivity contribution < 1.29 is 9.90 Å². The van der Waals surface area contributed by atoms with Gasteiger partial charge in [0, 0.05) is 42.5 Å². The van der Waals surface area contributed by atoms with Crippen LogP contribution in [-0.4, -0.2) is 53.6 Å². The number of thiophene rings is 1. The van der Waals surface area contributed by atoms with E-state index in [2.05, 4.69) is 24.8 Å². The van der Waals surface area contributed by atoms with Gasteiger partial charge in [-0.25, -0.2) is 0 Å². The van der Waals surface area contributed by atoms with Gasteiger partial charge in [-0.15, -0.1) is 11.3 Å². The first kappa shape index (κ1) is 13.5. The lowest BCUT2D eigenvalue weighted by molar-refractivity contribution is -0.138. The molecule has 4 nitrogen and oxygen atoms in total. The molecule has 0 radical (unpaired) electrons. The summed E-state index contributed by atoms with van der Waals surface area (Å²) in [7, 11) is 0. The molecule has 2 rings (SSSR count). The molecule has 1 aromatic heterocycles. The van der Waals surface area contributed by atoms with E-state index >= 15 is 0 Å². The first-order valence-corrected chi connectivity index (χ1v) is 7.08. The Morgan fingerprint density at radius 1 is 1.28 bits per heavy atom. The SMILES string of the molecule is Cc1cc(CN2CCN(CC(=O)O)CC2)c(C)s1. The molecular formula is C13H20N2O2S. The summed E-state index contributed by atoms with van der Waals surface area (Å²) in [5.41, 5.74) is 1.42. The molecule has 0 atom stereocenters. The van der Waals surface area contributed by atoms with Crippen molar-refractivity contribution in [1.29, 1.82) is 0 Å². The summed E-state index contributed by atoms with van der Waals surface area (Å²) < 4.78 is 0. The highest BCUT2D eigenvalue weighted by atomic mass is 32.1. The average molecular weight is 268 g/mol. The number of nitrogens with zero attached hydrogens (tertiary/aromatic N) is 2. The van der Waals surface area contributed by atoms with Crippen LogP contribution in [0.5, 0.6) is 0 Å². The van der Waals surface area contributed by atoms with Gasteiger partial charge in [0.2, 0.25) is 0 Å². The highest BCUT2D eigenvalue weighted by Gasteiger charge is 2.19. The highest BCUT2D eigenvalue weighted by molar-refractivity contribution is 7.12. The molecule has 18 heavy (non-hydrogen) atoms. The van der Waals surface area contributed by atoms with Crippen LogP contribution in [-0.2, 0) is 11.3 Å². The van der Waals surface area contributed by atoms with E-state index in [4.69, 9.17) is 5.11 Å². The van der Waals surface area contributed by atoms with E-state index in [1.807, 2.05) is 16.2 Å². The molecule has 100 valence electrons. The molecule has 1 aliphatic heterocycles. The number of aliphatic carboxylic acids is 1. The maximum absolute atomic E-state index is 10.6. The minimum atomic E-state index is -0.729. The Labute approximate surface area is 112 Å². The molecule has 0 bridgehead atoms. The minimum absolute atomic E-state index is 0.171. The van der Waals surface area contributed by atoms with Crippen molar-refractivity contribution in [1.82, 2.24) is 9.80 Å². The number of rotatable bonds is 4. The second-order valence-corrected chi connectivity index (χ2v) is 6.34. The third-order valence-electron chi connectivity index (χ3n) is 3.36. The van der Waals surface area contributed by atoms with Crippen molar-refractivity contribution in [3.8, 4) is 0 Å². The Hall–Kier alpha value is -0.910. The van der Waals surface area contributed by atoms with Gasteiger partial charge in [-0.05, 0) is 25.5 Å². The second-order valence-electron chi connectivity index (χ2n) is 4.88. The predicted molar refractivity (Wildman–Crippen MR) is 73.1 cm³/mol. The fraction of sp³-hybridized carbons (Fsp3) is 0.615. The average Bonchev–Trinajstić information content (AvgIpc) is 2.59. The molecule has 0 spiro atoms. The van der Waals surface area contributed by atoms with Crippen molar-refractivity contribution >= 4 is 17.3 Å². The fourth-order valence-electron chi connectivity index (χ4n) is 2.38. The quantitative estimate of drug-likeness (QED) is 0.900. The Kier molecular flexibility index (Phi) is 4.37. The summed E-state index contributed by atoms with van der Waals surface area (Å²) in [5, 5.41) is 8.75. The van der Waals surface area contributed by atoms with E-state index in [0.29, 0.717) is 0 Å². The Balaban J connectivity index is 1.83. The van der Waals surface area contributed by atoms with Crippen molar-refractivity contribution in [2.45, 2.75) is 20.4 Å². The maximum Gasteiger partial charge on any atom is 0.317 e. The summed E-state index contributed by atoms with van der Waals surface area (Å²) in [6, 6.07) is 2.27. The van der Waals surface area contributed by atoms with Crippen LogP contribution in [0.25, 0.3) is 0 Å². The van der Waals surface area contributed by atoms with Crippen LogP contribution in [0.4, 0.5) is 0 Å². The zero-order valence-corrected chi connectivity index (χ0v) is 11.8. The summed E-state index contributed by atoms with van der Waals surface area (Å²) in [4.78, 5) is 17.8. The molecule has 1 aromatic rings. The monoisotopic (exact) mass is 268 g/mol. The molecule has 0 amide bonds. The molecule has 1 N–H and O–H groups in total. The lowest BCUT2D eigenvalue weighted by Gasteiger charge is -2.33. The second kappa shape index (κ2) is 5.82. The molecular weight excluding hydrogens is 248 g/mol. The van der Waals surface area contributed by atoms with Crippen LogP contribution in [0.15, 0.2) is 6.07 Å². The number of carboxylic acid groups (broad SMARTS) is 1. The standard InChI is InChI=1S/C13H20N2O2S/c1-10-7-12(11(2)18-10)8-14-3-5-15(6-4-14)9-13(16)17/h7H,3-6,8-9H2,1-2H3,(H,16,17). The summed E-state index contributed by atoms with van der Waals surface area (Å²) in [6.07, 6.45) is 0. The van der Waals surface area contributed by atoms with Crippen molar-refractivity contribution in [3.63, 3.8) is 0 Å². The number of carboxylic acids is 1. The van der Waals surface area contributed by atoms with Gasteiger partial charge in [0.1, 0.15) is 0 Å². The van der Waals surface area contributed by atoms with Crippen LogP contribution in [0.1, 0.15) is 15.3 Å². The largest absolute Gasteiger partial charge is 0.480 e. The van der Waals surface area contributed by atoms with Gasteiger partial charge in [-0.3, -0.25) is 14.6 Å². The smallest absolute Gasteiger partial charge is 0.317 e. The number of piperazine rings is 1. The van der Waals surface area contributed by atoms with Crippen molar-refractivity contribution in [3.05, 3.63) is 21.4 Å². The van der Waals surface area contributed by atoms with Crippen LogP contribution in [0, 0.1) is 13.8 Å². The van der Waals surface area contributed by atoms with Gasteiger partial charge in [-0.1, -0.05) is 0 Å². The lowest BCUT2D eigenvalue weighted by atomic mass is 10.2. The van der Waals surface area contributed by atoms with E-state index in [0.717, 1.165) is 32.7 Å². The molecule has 2 heterocycles. The molecule has 5 heteroatoms. The normalized spacial score (nSPS) is 18.1. The van der Waals surface area contributed by atoms with Gasteiger partial charge in [-0.2, -0.15) is 0 Å². The molecule has 1 fully saturated rings. The summed E-state index contributed by atoms with van der Waals surface area (Å²) in [5.74, 6) is -0.729. The minimum Gasteiger partial charge on any atom is -0.480 e. The van der Waals surface area contributed by atoms with E-state index in [1.165, 1.54) is 15.3 Å². The van der Waals surface area contributed by atoms with Gasteiger partial charge < -0.3 is 5.11 Å². The van der Waals surface area contributed by atoms with Gasteiger partial charge in [0.15, 0.2) is 0 Å². The zero-order valence-electron chi connectivity index (χ0n) is 11.0. The van der Waals surface area contributed by atoms with Crippen molar-refractivity contribution in [2.75, 3.05) is 32.7 Å². The topological polar surface area (TPSA) is 43.8 Å². The van der Waals surface area contributed by atoms with Crippen LogP contribution in [0.2, 0.25) is 0 Å². The summed E-state index contributed by atoms with van der Waals surface area (Å²) in [6.45, 7) is 9.12. The van der Waals surface area contributed by atoms with Crippen LogP contribution < -0.4 is 0 Å². The molecule has 0 aliphatic carbocycles. The lowest BCUT2D eigenvalue weighted by Crippen LogP contribution is -2.47. The van der Waals surface area contributed by atoms with Gasteiger partial charge in [0.05, 0.1) is 6.54 Å². The maximum atomic E-state index is 10.6. The Morgan fingerprint density at radius 3 is 2.39 bits per heavy atom. The number of aryl methyl sites for hydroxylation is 2. The Morgan fingerprint density at radius 2 is 1.89 bits per heavy atom. The summed E-state index contributed by atoms with van der Waals surface area (Å²) >= 11 is 1.85. The predicted octanol–water partition coefficient (Wildman–Crippen LogP) is 1.57. The van der Waals surface area contributed by atoms with Crippen molar-refractivity contribution in [2.24, 2.45) is 0 Å². The zero-order chi connectivity index (χ0) is 13.1. The van der Waals surface area contributed by atoms with E-state index in [1.54, 1.807) is 0 Å². The molecule has 0 saturated carbocycles. The highest BCUT2D eigenvalue weighted by Crippen LogP contribution is 2.22. The van der Waals surface area contributed by atoms with E-state index < -0.39 is 5.97 Å². The van der Waals surface area contributed by atoms with Gasteiger partial charge in [0.25, 0.3) is 0 Å². The first-order valence-electron chi connectivity index (χ1n) is 6.27. The van der Waals surface area contributed by atoms with Gasteiger partial charge >= 0.3 is 5.97 Å². The molecule has 0 aromatic carbocycles. The third-order valence-corrected chi connectivity index (χ3v) is 4.37. The molecule has 1 aliphatic rings. The molecule has 1 saturated heterocycles. The molecule has 0 unspecified atom stereocenters. The number of hydrogen-bond donors (Lipinski definition) is 1. The van der Waals surface area contributed by atoms with E-state index in [9.17, 15) is 4.79 Å². The van der Waals surface area contributed by atoms with E-state index in [-0.39, 0.29) is 6.54 Å².